The molecule has 1 aliphatic heterocycles. The molecule has 1 saturated heterocycles. The number of alkyl halides is 1. The van der Waals surface area contributed by atoms with Crippen LogP contribution in [-0.2, 0) is 13.1 Å². The molecule has 2 nitrogen and oxygen atoms in total. The van der Waals surface area contributed by atoms with Crippen molar-refractivity contribution in [2.24, 2.45) is 0 Å². The Morgan fingerprint density at radius 1 is 1.40 bits per heavy atom. The molecule has 1 atom stereocenters. The molecule has 0 aliphatic carbocycles. The lowest BCUT2D eigenvalue weighted by atomic mass is 10.0. The molecule has 1 unspecified atom stereocenters. The van der Waals surface area contributed by atoms with Crippen molar-refractivity contribution >= 4 is 0 Å². The average Bonchev–Trinajstić information content (AvgIpc) is 2.74. The van der Waals surface area contributed by atoms with Crippen molar-refractivity contribution in [3.05, 3.63) is 29.3 Å². The van der Waals surface area contributed by atoms with Gasteiger partial charge < -0.3 is 10.4 Å². The summed E-state index contributed by atoms with van der Waals surface area (Å²) in [6.45, 7) is 0.450. The summed E-state index contributed by atoms with van der Waals surface area (Å²) in [6, 6.07) is 5.74. The van der Waals surface area contributed by atoms with Crippen LogP contribution in [0, 0.1) is 0 Å². The Kier molecular flexibility index (Phi) is 3.21. The van der Waals surface area contributed by atoms with Crippen LogP contribution < -0.4 is 5.32 Å². The second-order valence-corrected chi connectivity index (χ2v) is 4.06. The minimum absolute atomic E-state index is 0.133. The highest BCUT2D eigenvalue weighted by molar-refractivity contribution is 5.40. The smallest absolute Gasteiger partial charge is 0.124 e. The monoisotopic (exact) mass is 209 g/mol. The normalized spacial score (nSPS) is 20.7. The van der Waals surface area contributed by atoms with Crippen LogP contribution in [0.15, 0.2) is 18.2 Å². The van der Waals surface area contributed by atoms with Gasteiger partial charge in [0.15, 0.2) is 0 Å². The molecule has 2 N–H and O–H groups in total. The summed E-state index contributed by atoms with van der Waals surface area (Å²) in [4.78, 5) is 0. The maximum Gasteiger partial charge on any atom is 0.124 e. The van der Waals surface area contributed by atoms with Crippen LogP contribution in [0.1, 0.15) is 24.0 Å². The summed E-state index contributed by atoms with van der Waals surface area (Å²) in [6.07, 6.45) is 3.12. The highest BCUT2D eigenvalue weighted by Crippen LogP contribution is 2.25. The minimum atomic E-state index is -0.599. The standard InChI is InChI=1S/C12H16FNO/c13-8-10-4-1-3-9(12(10)15)7-11-5-2-6-14-11/h1,3-4,11,14-15H,2,5-8H2. The summed E-state index contributed by atoms with van der Waals surface area (Å²) in [5, 5.41) is 13.1. The number of para-hydroxylation sites is 1. The summed E-state index contributed by atoms with van der Waals surface area (Å²) in [7, 11) is 0. The zero-order valence-corrected chi connectivity index (χ0v) is 8.67. The number of halogens is 1. The summed E-state index contributed by atoms with van der Waals surface area (Å²) in [5.74, 6) is 0.133. The van der Waals surface area contributed by atoms with E-state index in [4.69, 9.17) is 0 Å². The van der Waals surface area contributed by atoms with E-state index < -0.39 is 6.67 Å². The SMILES string of the molecule is Oc1c(CF)cccc1CC1CCCN1. The molecule has 0 saturated carbocycles. The first kappa shape index (κ1) is 10.4. The molecule has 3 heteroatoms. The van der Waals surface area contributed by atoms with Crippen molar-refractivity contribution in [2.75, 3.05) is 6.54 Å². The number of benzene rings is 1. The zero-order chi connectivity index (χ0) is 10.7. The first-order valence-electron chi connectivity index (χ1n) is 5.40. The molecular weight excluding hydrogens is 193 g/mol. The molecule has 1 aromatic carbocycles. The van der Waals surface area contributed by atoms with Crippen molar-refractivity contribution in [1.29, 1.82) is 0 Å². The highest BCUT2D eigenvalue weighted by atomic mass is 19.1. The Hall–Kier alpha value is -1.09. The van der Waals surface area contributed by atoms with E-state index in [2.05, 4.69) is 5.32 Å². The van der Waals surface area contributed by atoms with Gasteiger partial charge in [0.05, 0.1) is 0 Å². The van der Waals surface area contributed by atoms with Crippen LogP contribution in [0.3, 0.4) is 0 Å². The summed E-state index contributed by atoms with van der Waals surface area (Å²) >= 11 is 0. The van der Waals surface area contributed by atoms with Crippen molar-refractivity contribution < 1.29 is 9.50 Å². The van der Waals surface area contributed by atoms with Crippen LogP contribution in [0.2, 0.25) is 0 Å². The van der Waals surface area contributed by atoms with Crippen LogP contribution in [0.5, 0.6) is 5.75 Å². The van der Waals surface area contributed by atoms with Gasteiger partial charge in [0.2, 0.25) is 0 Å². The van der Waals surface area contributed by atoms with Gasteiger partial charge in [-0.05, 0) is 31.4 Å². The maximum atomic E-state index is 12.5. The number of phenols is 1. The second-order valence-electron chi connectivity index (χ2n) is 4.06. The van der Waals surface area contributed by atoms with Crippen LogP contribution >= 0.6 is 0 Å². The van der Waals surface area contributed by atoms with Crippen LogP contribution in [0.25, 0.3) is 0 Å². The molecule has 0 radical (unpaired) electrons. The fraction of sp³-hybridized carbons (Fsp3) is 0.500. The van der Waals surface area contributed by atoms with E-state index in [0.717, 1.165) is 24.9 Å². The second kappa shape index (κ2) is 4.62. The van der Waals surface area contributed by atoms with Crippen molar-refractivity contribution in [2.45, 2.75) is 32.0 Å². The van der Waals surface area contributed by atoms with Gasteiger partial charge in [0.25, 0.3) is 0 Å². The van der Waals surface area contributed by atoms with E-state index >= 15 is 0 Å². The molecule has 0 bridgehead atoms. The van der Waals surface area contributed by atoms with Crippen molar-refractivity contribution in [3.8, 4) is 5.75 Å². The van der Waals surface area contributed by atoms with Gasteiger partial charge in [0, 0.05) is 11.6 Å². The Morgan fingerprint density at radius 3 is 2.87 bits per heavy atom. The van der Waals surface area contributed by atoms with Crippen molar-refractivity contribution in [1.82, 2.24) is 5.32 Å². The molecule has 0 amide bonds. The van der Waals surface area contributed by atoms with Gasteiger partial charge in [-0.25, -0.2) is 4.39 Å². The third-order valence-electron chi connectivity index (χ3n) is 2.98. The van der Waals surface area contributed by atoms with Crippen LogP contribution in [-0.4, -0.2) is 17.7 Å². The third-order valence-corrected chi connectivity index (χ3v) is 2.98. The topological polar surface area (TPSA) is 32.3 Å². The molecule has 0 aromatic heterocycles. The Morgan fingerprint density at radius 2 is 2.20 bits per heavy atom. The lowest BCUT2D eigenvalue weighted by Gasteiger charge is -2.12. The first-order valence-corrected chi connectivity index (χ1v) is 5.40. The average molecular weight is 209 g/mol. The van der Waals surface area contributed by atoms with Gasteiger partial charge in [-0.2, -0.15) is 0 Å². The number of nitrogens with one attached hydrogen (secondary N) is 1. The Labute approximate surface area is 89.1 Å². The Bertz CT molecular complexity index is 334. The van der Waals surface area contributed by atoms with E-state index in [9.17, 15) is 9.50 Å². The predicted octanol–water partition coefficient (Wildman–Crippen LogP) is 2.16. The largest absolute Gasteiger partial charge is 0.507 e. The number of hydrogen-bond acceptors (Lipinski definition) is 2. The third kappa shape index (κ3) is 2.29. The quantitative estimate of drug-likeness (QED) is 0.799. The summed E-state index contributed by atoms with van der Waals surface area (Å²) in [5.41, 5.74) is 1.25. The van der Waals surface area contributed by atoms with Crippen LogP contribution in [0.4, 0.5) is 4.39 Å². The van der Waals surface area contributed by atoms with E-state index in [1.807, 2.05) is 6.07 Å². The number of aromatic hydroxyl groups is 1. The maximum absolute atomic E-state index is 12.5. The fourth-order valence-corrected chi connectivity index (χ4v) is 2.11. The van der Waals surface area contributed by atoms with Gasteiger partial charge in [0.1, 0.15) is 12.4 Å². The van der Waals surface area contributed by atoms with Gasteiger partial charge >= 0.3 is 0 Å². The number of rotatable bonds is 3. The van der Waals surface area contributed by atoms with Crippen molar-refractivity contribution in [3.63, 3.8) is 0 Å². The molecule has 1 aliphatic rings. The molecule has 1 aromatic rings. The molecule has 82 valence electrons. The molecule has 0 spiro atoms. The molecular formula is C12H16FNO. The highest BCUT2D eigenvalue weighted by Gasteiger charge is 2.16. The lowest BCUT2D eigenvalue weighted by Crippen LogP contribution is -2.23. The van der Waals surface area contributed by atoms with E-state index in [-0.39, 0.29) is 5.75 Å². The predicted molar refractivity (Wildman–Crippen MR) is 57.6 cm³/mol. The first-order chi connectivity index (χ1) is 7.31. The van der Waals surface area contributed by atoms with Gasteiger partial charge in [-0.15, -0.1) is 0 Å². The minimum Gasteiger partial charge on any atom is -0.507 e. The number of phenolic OH excluding ortho intramolecular Hbond substituents is 1. The lowest BCUT2D eigenvalue weighted by molar-refractivity contribution is 0.425. The van der Waals surface area contributed by atoms with E-state index in [1.165, 1.54) is 6.42 Å². The van der Waals surface area contributed by atoms with E-state index in [0.29, 0.717) is 11.6 Å². The Balaban J connectivity index is 2.13. The van der Waals surface area contributed by atoms with Gasteiger partial charge in [-0.1, -0.05) is 18.2 Å². The molecule has 15 heavy (non-hydrogen) atoms. The zero-order valence-electron chi connectivity index (χ0n) is 8.67. The molecule has 1 fully saturated rings. The fourth-order valence-electron chi connectivity index (χ4n) is 2.11. The molecule has 2 rings (SSSR count). The molecule has 1 heterocycles. The number of hydrogen-bond donors (Lipinski definition) is 2. The van der Waals surface area contributed by atoms with Gasteiger partial charge in [-0.3, -0.25) is 0 Å². The summed E-state index contributed by atoms with van der Waals surface area (Å²) < 4.78 is 12.5. The van der Waals surface area contributed by atoms with E-state index in [1.54, 1.807) is 12.1 Å².